The molecule has 0 unspecified atom stereocenters. The van der Waals surface area contributed by atoms with Gasteiger partial charge in [-0.2, -0.15) is 0 Å². The van der Waals surface area contributed by atoms with Crippen LogP contribution in [0, 0.1) is 27.7 Å². The lowest BCUT2D eigenvalue weighted by molar-refractivity contribution is -0.444. The molecule has 3 heterocycles. The third-order valence-electron chi connectivity index (χ3n) is 7.95. The summed E-state index contributed by atoms with van der Waals surface area (Å²) in [5.74, 6) is 0. The van der Waals surface area contributed by atoms with E-state index in [1.54, 1.807) is 0 Å². The Morgan fingerprint density at radius 1 is 0.686 bits per heavy atom. The van der Waals surface area contributed by atoms with Gasteiger partial charge in [0.2, 0.25) is 5.60 Å². The molecule has 0 aliphatic carbocycles. The predicted octanol–water partition coefficient (Wildman–Crippen LogP) is 6.02. The van der Waals surface area contributed by atoms with Crippen LogP contribution in [0.1, 0.15) is 22.3 Å². The van der Waals surface area contributed by atoms with Gasteiger partial charge < -0.3 is 14.2 Å². The van der Waals surface area contributed by atoms with E-state index < -0.39 is 0 Å². The zero-order chi connectivity index (χ0) is 24.4. The highest BCUT2D eigenvalue weighted by Crippen LogP contribution is 2.46. The van der Waals surface area contributed by atoms with Gasteiger partial charge >= 0.3 is 20.9 Å². The van der Waals surface area contributed by atoms with Gasteiger partial charge in [0.1, 0.15) is 6.54 Å². The molecule has 6 rings (SSSR count). The first-order valence-corrected chi connectivity index (χ1v) is 12.6. The number of aryl methyl sites for hydroxylation is 4. The molecular formula is C27H31B3N5+. The van der Waals surface area contributed by atoms with E-state index in [1.807, 2.05) is 0 Å². The van der Waals surface area contributed by atoms with E-state index in [1.165, 1.54) is 44.9 Å². The largest absolute Gasteiger partial charge is 0.469 e. The van der Waals surface area contributed by atoms with E-state index in [0.717, 1.165) is 12.2 Å². The number of hydrogen-bond donors (Lipinski definition) is 0. The molecular weight excluding hydrogens is 427 g/mol. The fraction of sp³-hybridized carbons (Fsp3) is 0.259. The average molecular weight is 458 g/mol. The normalized spacial score (nSPS) is 16.7. The summed E-state index contributed by atoms with van der Waals surface area (Å²) in [6, 6.07) is 22.0. The van der Waals surface area contributed by atoms with Gasteiger partial charge in [-0.15, -0.1) is 0 Å². The summed E-state index contributed by atoms with van der Waals surface area (Å²) in [6.07, 6.45) is 2.31. The summed E-state index contributed by atoms with van der Waals surface area (Å²) in [6.45, 7) is 14.7. The average Bonchev–Trinajstić information content (AvgIpc) is 3.32. The van der Waals surface area contributed by atoms with Gasteiger partial charge in [0.15, 0.2) is 0 Å². The Kier molecular flexibility index (Phi) is 5.10. The van der Waals surface area contributed by atoms with Crippen LogP contribution in [0.5, 0.6) is 0 Å². The maximum atomic E-state index is 4.89. The van der Waals surface area contributed by atoms with Crippen LogP contribution in [0.2, 0.25) is 13.6 Å². The third-order valence-corrected chi connectivity index (χ3v) is 7.95. The van der Waals surface area contributed by atoms with Crippen molar-refractivity contribution >= 4 is 43.7 Å². The molecule has 1 saturated heterocycles. The molecule has 0 aromatic heterocycles. The molecule has 1 fully saturated rings. The molecule has 3 aromatic carbocycles. The van der Waals surface area contributed by atoms with Crippen molar-refractivity contribution in [1.29, 1.82) is 0 Å². The van der Waals surface area contributed by atoms with Gasteiger partial charge in [0.25, 0.3) is 5.69 Å². The lowest BCUT2D eigenvalue weighted by Crippen LogP contribution is -2.79. The number of benzene rings is 3. The van der Waals surface area contributed by atoms with Crippen molar-refractivity contribution in [2.24, 2.45) is 5.11 Å². The van der Waals surface area contributed by atoms with E-state index in [-0.39, 0.29) is 20.9 Å². The Morgan fingerprint density at radius 3 is 1.86 bits per heavy atom. The van der Waals surface area contributed by atoms with E-state index in [9.17, 15) is 0 Å². The molecule has 0 N–H and O–H groups in total. The van der Waals surface area contributed by atoms with Gasteiger partial charge in [0.05, 0.1) is 5.69 Å². The zero-order valence-corrected chi connectivity index (χ0v) is 21.5. The lowest BCUT2D eigenvalue weighted by atomic mass is 9.41. The molecule has 8 heteroatoms. The van der Waals surface area contributed by atoms with Gasteiger partial charge in [-0.1, -0.05) is 53.2 Å². The van der Waals surface area contributed by atoms with Crippen molar-refractivity contribution in [3.8, 4) is 0 Å². The van der Waals surface area contributed by atoms with Gasteiger partial charge in [-0.3, -0.25) is 0 Å². The molecule has 3 aromatic rings. The van der Waals surface area contributed by atoms with Crippen LogP contribution >= 0.6 is 0 Å². The monoisotopic (exact) mass is 458 g/mol. The number of hydrogen-bond acceptors (Lipinski definition) is 4. The second-order valence-electron chi connectivity index (χ2n) is 10.1. The van der Waals surface area contributed by atoms with E-state index >= 15 is 0 Å². The highest BCUT2D eigenvalue weighted by Gasteiger charge is 2.60. The van der Waals surface area contributed by atoms with Crippen LogP contribution in [-0.4, -0.2) is 32.2 Å². The van der Waals surface area contributed by atoms with Crippen LogP contribution in [0.4, 0.5) is 22.7 Å². The van der Waals surface area contributed by atoms with Crippen molar-refractivity contribution in [2.45, 2.75) is 41.3 Å². The van der Waals surface area contributed by atoms with E-state index in [2.05, 4.69) is 127 Å². The number of para-hydroxylation sites is 4. The SMILES string of the molecule is CB1N2B(C3=CCN=[N+]3c3ccccc32)N(c2c(C)cccc2C)B(C)N1c1c(C)cccc1C. The van der Waals surface area contributed by atoms with Crippen molar-refractivity contribution in [3.05, 3.63) is 94.6 Å². The third kappa shape index (κ3) is 3.12. The Bertz CT molecular complexity index is 1360. The van der Waals surface area contributed by atoms with Crippen molar-refractivity contribution in [1.82, 2.24) is 0 Å². The Balaban J connectivity index is 1.65. The van der Waals surface area contributed by atoms with Gasteiger partial charge in [0, 0.05) is 23.5 Å². The summed E-state index contributed by atoms with van der Waals surface area (Å²) in [5.41, 5.74) is 11.5. The first-order chi connectivity index (χ1) is 16.9. The van der Waals surface area contributed by atoms with Crippen molar-refractivity contribution < 1.29 is 4.70 Å². The Hall–Kier alpha value is -3.41. The topological polar surface area (TPSA) is 25.1 Å². The number of anilines is 3. The molecule has 0 amide bonds. The number of fused-ring (bicyclic) bond motifs is 6. The molecule has 0 saturated carbocycles. The molecule has 3 aliphatic heterocycles. The maximum Gasteiger partial charge on any atom is 0.469 e. The lowest BCUT2D eigenvalue weighted by Gasteiger charge is -2.56. The Morgan fingerprint density at radius 2 is 1.23 bits per heavy atom. The second kappa shape index (κ2) is 8.08. The number of nitrogens with zero attached hydrogens (tertiary/aromatic N) is 5. The van der Waals surface area contributed by atoms with Gasteiger partial charge in [-0.25, -0.2) is 0 Å². The minimum atomic E-state index is 0.0570. The summed E-state index contributed by atoms with van der Waals surface area (Å²) >= 11 is 0. The molecule has 0 atom stereocenters. The van der Waals surface area contributed by atoms with E-state index in [4.69, 9.17) is 5.11 Å². The van der Waals surface area contributed by atoms with Crippen LogP contribution in [0.3, 0.4) is 0 Å². The standard InChI is InChI=1S/C27H31B3N5/c1-19-11-9-12-20(2)26(19)34-28(5)33-24-16-8-7-15-23(24)32-25(17-18-31-32)30(33)35(29(34)6)27-21(3)13-10-14-22(27)4/h7-17H,18H2,1-6H3/q+1. The quantitative estimate of drug-likeness (QED) is 0.347. The summed E-state index contributed by atoms with van der Waals surface area (Å²) in [5, 5.41) is 4.89. The van der Waals surface area contributed by atoms with Crippen molar-refractivity contribution in [2.75, 3.05) is 20.7 Å². The van der Waals surface area contributed by atoms with Crippen molar-refractivity contribution in [3.63, 3.8) is 0 Å². The number of rotatable bonds is 2. The molecule has 35 heavy (non-hydrogen) atoms. The molecule has 0 spiro atoms. The fourth-order valence-corrected chi connectivity index (χ4v) is 6.53. The minimum Gasteiger partial charge on any atom is -0.424 e. The molecule has 172 valence electrons. The maximum absolute atomic E-state index is 4.89. The highest BCUT2D eigenvalue weighted by molar-refractivity contribution is 7.06. The minimum absolute atomic E-state index is 0.0570. The fourth-order valence-electron chi connectivity index (χ4n) is 6.53. The van der Waals surface area contributed by atoms with Crippen LogP contribution in [0.25, 0.3) is 0 Å². The summed E-state index contributed by atoms with van der Waals surface area (Å²) in [7, 11) is 0. The second-order valence-corrected chi connectivity index (χ2v) is 10.1. The van der Waals surface area contributed by atoms with Crippen LogP contribution < -0.4 is 14.2 Å². The first-order valence-electron chi connectivity index (χ1n) is 12.6. The number of azo groups is 2. The molecule has 3 aliphatic rings. The van der Waals surface area contributed by atoms with Crippen LogP contribution in [0.15, 0.2) is 77.5 Å². The summed E-state index contributed by atoms with van der Waals surface area (Å²) < 4.78 is 10.0. The smallest absolute Gasteiger partial charge is 0.424 e. The molecule has 5 nitrogen and oxygen atoms in total. The van der Waals surface area contributed by atoms with E-state index in [0.29, 0.717) is 0 Å². The van der Waals surface area contributed by atoms with Gasteiger partial charge in [-0.05, 0) is 74.8 Å². The van der Waals surface area contributed by atoms with Crippen LogP contribution in [-0.2, 0) is 0 Å². The summed E-state index contributed by atoms with van der Waals surface area (Å²) in [4.78, 5) is 0. The molecule has 0 radical (unpaired) electrons. The molecule has 0 bridgehead atoms. The first kappa shape index (κ1) is 22.1. The highest BCUT2D eigenvalue weighted by atomic mass is 15.4. The predicted molar refractivity (Wildman–Crippen MR) is 150 cm³/mol. The Labute approximate surface area is 210 Å². The zero-order valence-electron chi connectivity index (χ0n) is 21.5.